The van der Waals surface area contributed by atoms with Gasteiger partial charge in [-0.2, -0.15) is 0 Å². The van der Waals surface area contributed by atoms with Gasteiger partial charge in [0.15, 0.2) is 5.78 Å². The minimum absolute atomic E-state index is 0.165. The van der Waals surface area contributed by atoms with Crippen LogP contribution in [0.1, 0.15) is 15.9 Å². The molecular weight excluding hydrogens is 190 g/mol. The largest absolute Gasteiger partial charge is 0.496 e. The monoisotopic (exact) mass is 205 g/mol. The molecule has 80 valence electrons. The quantitative estimate of drug-likeness (QED) is 0.758. The number of rotatable bonds is 3. The molecule has 0 radical (unpaired) electrons. The van der Waals surface area contributed by atoms with Crippen LogP contribution in [0.3, 0.4) is 0 Å². The molecule has 1 fully saturated rings. The van der Waals surface area contributed by atoms with Crippen molar-refractivity contribution in [3.8, 4) is 5.75 Å². The highest BCUT2D eigenvalue weighted by Gasteiger charge is 2.25. The molecule has 0 atom stereocenters. The van der Waals surface area contributed by atoms with E-state index in [-0.39, 0.29) is 11.7 Å². The summed E-state index contributed by atoms with van der Waals surface area (Å²) in [7, 11) is 1.64. The summed E-state index contributed by atoms with van der Waals surface area (Å²) >= 11 is 0. The second-order valence-corrected chi connectivity index (χ2v) is 3.90. The number of benzene rings is 1. The molecule has 1 heterocycles. The number of aryl methyl sites for hydroxylation is 1. The first-order valence-corrected chi connectivity index (χ1v) is 5.12. The first kappa shape index (κ1) is 10.2. The maximum atomic E-state index is 11.9. The molecule has 0 spiro atoms. The number of ether oxygens (including phenoxy) is 1. The van der Waals surface area contributed by atoms with Crippen molar-refractivity contribution >= 4 is 5.78 Å². The maximum Gasteiger partial charge on any atom is 0.168 e. The van der Waals surface area contributed by atoms with E-state index in [1.54, 1.807) is 7.11 Å². The van der Waals surface area contributed by atoms with Gasteiger partial charge in [-0.05, 0) is 30.7 Å². The molecule has 3 nitrogen and oxygen atoms in total. The zero-order valence-electron chi connectivity index (χ0n) is 9.04. The van der Waals surface area contributed by atoms with E-state index in [2.05, 4.69) is 5.32 Å². The normalized spacial score (nSPS) is 15.9. The Kier molecular flexibility index (Phi) is 2.73. The highest BCUT2D eigenvalue weighted by Crippen LogP contribution is 2.21. The summed E-state index contributed by atoms with van der Waals surface area (Å²) < 4.78 is 5.16. The van der Waals surface area contributed by atoms with Crippen LogP contribution in [-0.4, -0.2) is 26.0 Å². The number of carbonyl (C=O) groups is 1. The number of ketones is 1. The predicted molar refractivity (Wildman–Crippen MR) is 58.4 cm³/mol. The molecule has 0 amide bonds. The van der Waals surface area contributed by atoms with Crippen LogP contribution >= 0.6 is 0 Å². The fourth-order valence-corrected chi connectivity index (χ4v) is 1.74. The van der Waals surface area contributed by atoms with Gasteiger partial charge in [0.1, 0.15) is 5.75 Å². The Morgan fingerprint density at radius 3 is 2.67 bits per heavy atom. The van der Waals surface area contributed by atoms with E-state index in [4.69, 9.17) is 4.74 Å². The first-order chi connectivity index (χ1) is 7.22. The fraction of sp³-hybridized carbons (Fsp3) is 0.417. The van der Waals surface area contributed by atoms with Crippen molar-refractivity contribution in [2.45, 2.75) is 6.92 Å². The minimum Gasteiger partial charge on any atom is -0.496 e. The molecule has 3 heteroatoms. The van der Waals surface area contributed by atoms with E-state index >= 15 is 0 Å². The van der Waals surface area contributed by atoms with Crippen molar-refractivity contribution in [3.05, 3.63) is 29.3 Å². The number of hydrogen-bond donors (Lipinski definition) is 1. The van der Waals surface area contributed by atoms with E-state index in [0.717, 1.165) is 30.0 Å². The van der Waals surface area contributed by atoms with Crippen LogP contribution in [0, 0.1) is 12.8 Å². The molecular formula is C12H15NO2. The van der Waals surface area contributed by atoms with E-state index in [1.165, 1.54) is 0 Å². The second-order valence-electron chi connectivity index (χ2n) is 3.90. The molecule has 0 unspecified atom stereocenters. The molecule has 1 saturated heterocycles. The van der Waals surface area contributed by atoms with E-state index < -0.39 is 0 Å². The zero-order chi connectivity index (χ0) is 10.8. The topological polar surface area (TPSA) is 38.3 Å². The van der Waals surface area contributed by atoms with Crippen molar-refractivity contribution in [1.82, 2.24) is 5.32 Å². The van der Waals surface area contributed by atoms with Crippen molar-refractivity contribution < 1.29 is 9.53 Å². The SMILES string of the molecule is COc1ccc(C(=O)C2CNC2)cc1C. The number of methoxy groups -OCH3 is 1. The third-order valence-corrected chi connectivity index (χ3v) is 2.83. The van der Waals surface area contributed by atoms with Crippen molar-refractivity contribution in [3.63, 3.8) is 0 Å². The molecule has 0 saturated carbocycles. The average Bonchev–Trinajstić information content (AvgIpc) is 2.15. The third kappa shape index (κ3) is 1.88. The molecule has 0 aromatic heterocycles. The van der Waals surface area contributed by atoms with Crippen molar-refractivity contribution in [1.29, 1.82) is 0 Å². The van der Waals surface area contributed by atoms with Crippen LogP contribution in [0.15, 0.2) is 18.2 Å². The molecule has 15 heavy (non-hydrogen) atoms. The minimum atomic E-state index is 0.165. The molecule has 0 bridgehead atoms. The van der Waals surface area contributed by atoms with Gasteiger partial charge >= 0.3 is 0 Å². The van der Waals surface area contributed by atoms with Crippen LogP contribution in [0.25, 0.3) is 0 Å². The highest BCUT2D eigenvalue weighted by atomic mass is 16.5. The van der Waals surface area contributed by atoms with Crippen molar-refractivity contribution in [2.75, 3.05) is 20.2 Å². The lowest BCUT2D eigenvalue weighted by atomic mass is 9.92. The van der Waals surface area contributed by atoms with Gasteiger partial charge in [-0.3, -0.25) is 4.79 Å². The summed E-state index contributed by atoms with van der Waals surface area (Å²) in [5.41, 5.74) is 1.80. The van der Waals surface area contributed by atoms with Gasteiger partial charge in [0.05, 0.1) is 7.11 Å². The van der Waals surface area contributed by atoms with Gasteiger partial charge in [0, 0.05) is 24.6 Å². The molecule has 0 aliphatic carbocycles. The van der Waals surface area contributed by atoms with Gasteiger partial charge in [-0.1, -0.05) is 0 Å². The van der Waals surface area contributed by atoms with Crippen molar-refractivity contribution in [2.24, 2.45) is 5.92 Å². The van der Waals surface area contributed by atoms with E-state index in [1.807, 2.05) is 25.1 Å². The van der Waals surface area contributed by atoms with Crippen LogP contribution in [0.5, 0.6) is 5.75 Å². The van der Waals surface area contributed by atoms with E-state index in [0.29, 0.717) is 0 Å². The molecule has 1 aliphatic rings. The lowest BCUT2D eigenvalue weighted by molar-refractivity contribution is 0.0878. The zero-order valence-corrected chi connectivity index (χ0v) is 9.04. The Bertz CT molecular complexity index is 383. The second kappa shape index (κ2) is 4.03. The van der Waals surface area contributed by atoms with Gasteiger partial charge in [-0.15, -0.1) is 0 Å². The summed E-state index contributed by atoms with van der Waals surface area (Å²) in [6.45, 7) is 3.57. The Morgan fingerprint density at radius 2 is 2.20 bits per heavy atom. The molecule has 1 aromatic carbocycles. The highest BCUT2D eigenvalue weighted by molar-refractivity contribution is 5.99. The number of Topliss-reactive ketones (excluding diaryl/α,β-unsaturated/α-hetero) is 1. The Morgan fingerprint density at radius 1 is 1.47 bits per heavy atom. The smallest absolute Gasteiger partial charge is 0.168 e. The standard InChI is InChI=1S/C12H15NO2/c1-8-5-9(3-4-11(8)15-2)12(14)10-6-13-7-10/h3-5,10,13H,6-7H2,1-2H3. The molecule has 2 rings (SSSR count). The summed E-state index contributed by atoms with van der Waals surface area (Å²) in [5, 5.41) is 3.10. The summed E-state index contributed by atoms with van der Waals surface area (Å²) in [5.74, 6) is 1.23. The Balaban J connectivity index is 2.21. The third-order valence-electron chi connectivity index (χ3n) is 2.83. The van der Waals surface area contributed by atoms with Crippen LogP contribution in [0.4, 0.5) is 0 Å². The van der Waals surface area contributed by atoms with Crippen LogP contribution < -0.4 is 10.1 Å². The molecule has 1 N–H and O–H groups in total. The molecule has 1 aromatic rings. The Labute approximate surface area is 89.4 Å². The Hall–Kier alpha value is -1.35. The predicted octanol–water partition coefficient (Wildman–Crippen LogP) is 1.41. The van der Waals surface area contributed by atoms with Gasteiger partial charge in [0.2, 0.25) is 0 Å². The summed E-state index contributed by atoms with van der Waals surface area (Å²) in [6.07, 6.45) is 0. The number of hydrogen-bond acceptors (Lipinski definition) is 3. The lowest BCUT2D eigenvalue weighted by Gasteiger charge is -2.25. The fourth-order valence-electron chi connectivity index (χ4n) is 1.74. The van der Waals surface area contributed by atoms with Crippen LogP contribution in [0.2, 0.25) is 0 Å². The average molecular weight is 205 g/mol. The van der Waals surface area contributed by atoms with E-state index in [9.17, 15) is 4.79 Å². The summed E-state index contributed by atoms with van der Waals surface area (Å²) in [6, 6.07) is 5.60. The summed E-state index contributed by atoms with van der Waals surface area (Å²) in [4.78, 5) is 11.9. The van der Waals surface area contributed by atoms with Crippen LogP contribution in [-0.2, 0) is 0 Å². The van der Waals surface area contributed by atoms with Gasteiger partial charge < -0.3 is 10.1 Å². The first-order valence-electron chi connectivity index (χ1n) is 5.12. The van der Waals surface area contributed by atoms with Gasteiger partial charge in [0.25, 0.3) is 0 Å². The van der Waals surface area contributed by atoms with Gasteiger partial charge in [-0.25, -0.2) is 0 Å². The maximum absolute atomic E-state index is 11.9. The lowest BCUT2D eigenvalue weighted by Crippen LogP contribution is -2.46. The number of carbonyl (C=O) groups excluding carboxylic acids is 1. The number of nitrogens with one attached hydrogen (secondary N) is 1. The molecule has 1 aliphatic heterocycles.